The lowest BCUT2D eigenvalue weighted by Crippen LogP contribution is -2.37. The Morgan fingerprint density at radius 3 is 2.54 bits per heavy atom. The van der Waals surface area contributed by atoms with Crippen molar-refractivity contribution in [3.63, 3.8) is 0 Å². The lowest BCUT2D eigenvalue weighted by atomic mass is 9.71. The zero-order valence-electron chi connectivity index (χ0n) is 8.81. The Bertz CT molecular complexity index is 138. The molecule has 0 aromatic carbocycles. The van der Waals surface area contributed by atoms with Crippen molar-refractivity contribution in [2.45, 2.75) is 52.1 Å². The van der Waals surface area contributed by atoms with E-state index in [0.29, 0.717) is 11.5 Å². The van der Waals surface area contributed by atoms with Crippen LogP contribution in [0.3, 0.4) is 0 Å². The minimum atomic E-state index is 0.446. The van der Waals surface area contributed by atoms with Gasteiger partial charge in [-0.1, -0.05) is 35.7 Å². The molecule has 0 bridgehead atoms. The zero-order chi connectivity index (χ0) is 9.73. The molecule has 78 valence electrons. The van der Waals surface area contributed by atoms with Gasteiger partial charge in [-0.15, -0.1) is 0 Å². The molecule has 1 atom stereocenters. The zero-order valence-corrected chi connectivity index (χ0v) is 10.4. The van der Waals surface area contributed by atoms with Gasteiger partial charge in [-0.2, -0.15) is 0 Å². The summed E-state index contributed by atoms with van der Waals surface area (Å²) < 4.78 is 5.85. The highest BCUT2D eigenvalue weighted by Crippen LogP contribution is 2.42. The van der Waals surface area contributed by atoms with Gasteiger partial charge in [-0.3, -0.25) is 0 Å². The third-order valence-corrected chi connectivity index (χ3v) is 4.26. The monoisotopic (exact) mass is 248 g/mol. The standard InChI is InChI=1S/C11H21BrO/c1-3-5-10(2)13-9-11(8-12)6-4-7-11/h10H,3-9H2,1-2H3. The van der Waals surface area contributed by atoms with Gasteiger partial charge in [0, 0.05) is 10.7 Å². The number of hydrogen-bond donors (Lipinski definition) is 0. The maximum Gasteiger partial charge on any atom is 0.0547 e. The molecule has 1 aliphatic carbocycles. The number of rotatable bonds is 6. The molecule has 1 unspecified atom stereocenters. The molecule has 0 aliphatic heterocycles. The third-order valence-electron chi connectivity index (χ3n) is 3.07. The minimum absolute atomic E-state index is 0.446. The number of hydrogen-bond acceptors (Lipinski definition) is 1. The largest absolute Gasteiger partial charge is 0.378 e. The van der Waals surface area contributed by atoms with Crippen molar-refractivity contribution in [3.8, 4) is 0 Å². The van der Waals surface area contributed by atoms with Crippen LogP contribution in [0.15, 0.2) is 0 Å². The van der Waals surface area contributed by atoms with E-state index in [1.165, 1.54) is 32.1 Å². The molecule has 0 saturated heterocycles. The fourth-order valence-electron chi connectivity index (χ4n) is 1.80. The summed E-state index contributed by atoms with van der Waals surface area (Å²) in [4.78, 5) is 0. The minimum Gasteiger partial charge on any atom is -0.378 e. The molecule has 0 aromatic rings. The van der Waals surface area contributed by atoms with Crippen molar-refractivity contribution in [2.24, 2.45) is 5.41 Å². The molecule has 2 heteroatoms. The van der Waals surface area contributed by atoms with Gasteiger partial charge in [0.1, 0.15) is 0 Å². The van der Waals surface area contributed by atoms with E-state index in [1.54, 1.807) is 0 Å². The van der Waals surface area contributed by atoms with Crippen LogP contribution in [0.1, 0.15) is 46.0 Å². The number of ether oxygens (including phenoxy) is 1. The second-order valence-corrected chi connectivity index (χ2v) is 4.96. The molecular weight excluding hydrogens is 228 g/mol. The number of halogens is 1. The average Bonchev–Trinajstić information content (AvgIpc) is 2.04. The second kappa shape index (κ2) is 5.35. The molecular formula is C11H21BrO. The summed E-state index contributed by atoms with van der Waals surface area (Å²) in [5, 5.41) is 1.11. The van der Waals surface area contributed by atoms with E-state index in [-0.39, 0.29) is 0 Å². The van der Waals surface area contributed by atoms with Crippen molar-refractivity contribution < 1.29 is 4.74 Å². The van der Waals surface area contributed by atoms with Crippen LogP contribution in [-0.4, -0.2) is 18.0 Å². The molecule has 0 N–H and O–H groups in total. The van der Waals surface area contributed by atoms with E-state index in [9.17, 15) is 0 Å². The van der Waals surface area contributed by atoms with Gasteiger partial charge in [0.15, 0.2) is 0 Å². The summed E-state index contributed by atoms with van der Waals surface area (Å²) in [5.74, 6) is 0. The van der Waals surface area contributed by atoms with Crippen LogP contribution in [0.25, 0.3) is 0 Å². The summed E-state index contributed by atoms with van der Waals surface area (Å²) >= 11 is 3.59. The summed E-state index contributed by atoms with van der Waals surface area (Å²) in [6.07, 6.45) is 6.94. The van der Waals surface area contributed by atoms with E-state index in [2.05, 4.69) is 29.8 Å². The molecule has 1 aliphatic rings. The Morgan fingerprint density at radius 2 is 2.15 bits per heavy atom. The summed E-state index contributed by atoms with van der Waals surface area (Å²) in [6, 6.07) is 0. The molecule has 13 heavy (non-hydrogen) atoms. The van der Waals surface area contributed by atoms with Crippen LogP contribution >= 0.6 is 15.9 Å². The predicted octanol–water partition coefficient (Wildman–Crippen LogP) is 3.76. The molecule has 1 rings (SSSR count). The summed E-state index contributed by atoms with van der Waals surface area (Å²) in [6.45, 7) is 5.35. The molecule has 1 saturated carbocycles. The quantitative estimate of drug-likeness (QED) is 0.651. The van der Waals surface area contributed by atoms with Crippen LogP contribution in [0, 0.1) is 5.41 Å². The first kappa shape index (κ1) is 11.5. The van der Waals surface area contributed by atoms with Gasteiger partial charge >= 0.3 is 0 Å². The molecule has 0 amide bonds. The first-order valence-corrected chi connectivity index (χ1v) is 6.52. The van der Waals surface area contributed by atoms with Crippen molar-refractivity contribution in [1.29, 1.82) is 0 Å². The van der Waals surface area contributed by atoms with Gasteiger partial charge in [0.2, 0.25) is 0 Å². The fourth-order valence-corrected chi connectivity index (χ4v) is 2.52. The van der Waals surface area contributed by atoms with Crippen molar-refractivity contribution in [1.82, 2.24) is 0 Å². The number of alkyl halides is 1. The lowest BCUT2D eigenvalue weighted by molar-refractivity contribution is -0.0279. The van der Waals surface area contributed by atoms with Gasteiger partial charge in [0.05, 0.1) is 12.7 Å². The van der Waals surface area contributed by atoms with Crippen LogP contribution in [0.5, 0.6) is 0 Å². The summed E-state index contributed by atoms with van der Waals surface area (Å²) in [5.41, 5.74) is 0.488. The van der Waals surface area contributed by atoms with Crippen LogP contribution in [0.2, 0.25) is 0 Å². The Morgan fingerprint density at radius 1 is 1.46 bits per heavy atom. The molecule has 0 spiro atoms. The molecule has 0 radical (unpaired) electrons. The van der Waals surface area contributed by atoms with Crippen LogP contribution < -0.4 is 0 Å². The third kappa shape index (κ3) is 3.25. The highest BCUT2D eigenvalue weighted by molar-refractivity contribution is 9.09. The SMILES string of the molecule is CCCC(C)OCC1(CBr)CCC1. The molecule has 0 heterocycles. The highest BCUT2D eigenvalue weighted by Gasteiger charge is 2.36. The Balaban J connectivity index is 2.16. The second-order valence-electron chi connectivity index (χ2n) is 4.40. The normalized spacial score (nSPS) is 22.4. The highest BCUT2D eigenvalue weighted by atomic mass is 79.9. The smallest absolute Gasteiger partial charge is 0.0547 e. The predicted molar refractivity (Wildman–Crippen MR) is 60.4 cm³/mol. The van der Waals surface area contributed by atoms with Crippen molar-refractivity contribution >= 4 is 15.9 Å². The van der Waals surface area contributed by atoms with Gasteiger partial charge in [-0.25, -0.2) is 0 Å². The molecule has 0 aromatic heterocycles. The summed E-state index contributed by atoms with van der Waals surface area (Å²) in [7, 11) is 0. The first-order valence-electron chi connectivity index (χ1n) is 5.40. The van der Waals surface area contributed by atoms with E-state index in [4.69, 9.17) is 4.74 Å². The lowest BCUT2D eigenvalue weighted by Gasteiger charge is -2.40. The van der Waals surface area contributed by atoms with Crippen LogP contribution in [-0.2, 0) is 4.74 Å². The first-order chi connectivity index (χ1) is 6.22. The molecule has 1 nitrogen and oxygen atoms in total. The fraction of sp³-hybridized carbons (Fsp3) is 1.00. The molecule has 1 fully saturated rings. The van der Waals surface area contributed by atoms with E-state index < -0.39 is 0 Å². The van der Waals surface area contributed by atoms with E-state index >= 15 is 0 Å². The Kier molecular flexibility index (Phi) is 4.74. The Hall–Kier alpha value is 0.440. The maximum atomic E-state index is 5.85. The van der Waals surface area contributed by atoms with E-state index in [1.807, 2.05) is 0 Å². The van der Waals surface area contributed by atoms with Gasteiger partial charge in [-0.05, 0) is 26.2 Å². The van der Waals surface area contributed by atoms with Gasteiger partial charge in [0.25, 0.3) is 0 Å². The van der Waals surface area contributed by atoms with Gasteiger partial charge < -0.3 is 4.74 Å². The average molecular weight is 249 g/mol. The van der Waals surface area contributed by atoms with E-state index in [0.717, 1.165) is 11.9 Å². The Labute approximate surface area is 90.4 Å². The van der Waals surface area contributed by atoms with Crippen molar-refractivity contribution in [2.75, 3.05) is 11.9 Å². The maximum absolute atomic E-state index is 5.85. The van der Waals surface area contributed by atoms with Crippen molar-refractivity contribution in [3.05, 3.63) is 0 Å². The van der Waals surface area contributed by atoms with Crippen LogP contribution in [0.4, 0.5) is 0 Å². The topological polar surface area (TPSA) is 9.23 Å².